The fourth-order valence-electron chi connectivity index (χ4n) is 1.62. The van der Waals surface area contributed by atoms with Gasteiger partial charge >= 0.3 is 11.9 Å². The molecule has 2 aromatic rings. The van der Waals surface area contributed by atoms with Crippen molar-refractivity contribution in [3.05, 3.63) is 22.7 Å². The SMILES string of the molecule is NC(Cc1cc(O)c2nc(C(=O)O)sc2c1)C(=O)O. The van der Waals surface area contributed by atoms with Crippen LogP contribution in [0.2, 0.25) is 0 Å². The number of benzene rings is 1. The number of nitrogens with zero attached hydrogens (tertiary/aromatic N) is 1. The van der Waals surface area contributed by atoms with Crippen molar-refractivity contribution in [1.82, 2.24) is 4.98 Å². The second-order valence-electron chi connectivity index (χ2n) is 3.93. The number of aromatic carboxylic acids is 1. The molecule has 5 N–H and O–H groups in total. The Morgan fingerprint density at radius 1 is 1.37 bits per heavy atom. The fourth-order valence-corrected chi connectivity index (χ4v) is 2.51. The Bertz CT molecular complexity index is 666. The van der Waals surface area contributed by atoms with Crippen molar-refractivity contribution in [2.45, 2.75) is 12.5 Å². The number of carbonyl (C=O) groups is 2. The number of rotatable bonds is 4. The van der Waals surface area contributed by atoms with Crippen molar-refractivity contribution in [2.24, 2.45) is 5.73 Å². The number of thiazole rings is 1. The minimum atomic E-state index is -1.18. The molecule has 0 aliphatic carbocycles. The Morgan fingerprint density at radius 2 is 2.05 bits per heavy atom. The second-order valence-corrected chi connectivity index (χ2v) is 4.97. The smallest absolute Gasteiger partial charge is 0.365 e. The first-order chi connectivity index (χ1) is 8.88. The number of aromatic nitrogens is 1. The lowest BCUT2D eigenvalue weighted by molar-refractivity contribution is -0.138. The van der Waals surface area contributed by atoms with Gasteiger partial charge in [0.1, 0.15) is 17.3 Å². The number of phenolic OH excluding ortho intramolecular Hbond substituents is 1. The van der Waals surface area contributed by atoms with E-state index in [-0.39, 0.29) is 22.7 Å². The van der Waals surface area contributed by atoms with E-state index in [0.717, 1.165) is 11.3 Å². The highest BCUT2D eigenvalue weighted by Gasteiger charge is 2.17. The van der Waals surface area contributed by atoms with E-state index >= 15 is 0 Å². The van der Waals surface area contributed by atoms with Crippen LogP contribution in [0, 0.1) is 0 Å². The van der Waals surface area contributed by atoms with Crippen molar-refractivity contribution in [2.75, 3.05) is 0 Å². The van der Waals surface area contributed by atoms with E-state index in [9.17, 15) is 14.7 Å². The zero-order valence-electron chi connectivity index (χ0n) is 9.53. The first kappa shape index (κ1) is 13.2. The quantitative estimate of drug-likeness (QED) is 0.647. The number of carboxylic acids is 2. The van der Waals surface area contributed by atoms with Gasteiger partial charge in [0.15, 0.2) is 0 Å². The van der Waals surface area contributed by atoms with Gasteiger partial charge in [-0.2, -0.15) is 0 Å². The minimum Gasteiger partial charge on any atom is -0.506 e. The lowest BCUT2D eigenvalue weighted by Crippen LogP contribution is -2.32. The maximum atomic E-state index is 10.8. The van der Waals surface area contributed by atoms with E-state index in [4.69, 9.17) is 15.9 Å². The van der Waals surface area contributed by atoms with Crippen LogP contribution in [0.4, 0.5) is 0 Å². The van der Waals surface area contributed by atoms with E-state index in [0.29, 0.717) is 10.3 Å². The number of fused-ring (bicyclic) bond motifs is 1. The van der Waals surface area contributed by atoms with E-state index in [2.05, 4.69) is 4.98 Å². The van der Waals surface area contributed by atoms with Crippen LogP contribution in [0.3, 0.4) is 0 Å². The van der Waals surface area contributed by atoms with Crippen LogP contribution < -0.4 is 5.73 Å². The van der Waals surface area contributed by atoms with E-state index < -0.39 is 18.0 Å². The summed E-state index contributed by atoms with van der Waals surface area (Å²) in [6.45, 7) is 0. The lowest BCUT2D eigenvalue weighted by Gasteiger charge is -2.06. The monoisotopic (exact) mass is 282 g/mol. The van der Waals surface area contributed by atoms with E-state index in [1.807, 2.05) is 0 Å². The number of hydrogen-bond donors (Lipinski definition) is 4. The maximum Gasteiger partial charge on any atom is 0.365 e. The van der Waals surface area contributed by atoms with Crippen LogP contribution >= 0.6 is 11.3 Å². The molecule has 100 valence electrons. The van der Waals surface area contributed by atoms with E-state index in [1.54, 1.807) is 6.07 Å². The van der Waals surface area contributed by atoms with Crippen LogP contribution in [-0.4, -0.2) is 38.3 Å². The Kier molecular flexibility index (Phi) is 3.36. The van der Waals surface area contributed by atoms with Gasteiger partial charge in [-0.25, -0.2) is 9.78 Å². The minimum absolute atomic E-state index is 0.0408. The largest absolute Gasteiger partial charge is 0.506 e. The summed E-state index contributed by atoms with van der Waals surface area (Å²) in [6.07, 6.45) is 0.0408. The van der Waals surface area contributed by atoms with Crippen LogP contribution in [0.15, 0.2) is 12.1 Å². The highest BCUT2D eigenvalue weighted by molar-refractivity contribution is 7.20. The highest BCUT2D eigenvalue weighted by Crippen LogP contribution is 2.31. The first-order valence-electron chi connectivity index (χ1n) is 5.22. The third kappa shape index (κ3) is 2.64. The summed E-state index contributed by atoms with van der Waals surface area (Å²) < 4.78 is 0.477. The molecule has 0 saturated heterocycles. The molecule has 19 heavy (non-hydrogen) atoms. The fraction of sp³-hybridized carbons (Fsp3) is 0.182. The summed E-state index contributed by atoms with van der Waals surface area (Å²) in [7, 11) is 0. The third-order valence-electron chi connectivity index (χ3n) is 2.49. The third-order valence-corrected chi connectivity index (χ3v) is 3.48. The van der Waals surface area contributed by atoms with Gasteiger partial charge in [-0.15, -0.1) is 11.3 Å². The Hall–Kier alpha value is -2.19. The average molecular weight is 282 g/mol. The molecule has 1 aromatic carbocycles. The van der Waals surface area contributed by atoms with Gasteiger partial charge in [0.05, 0.1) is 4.70 Å². The molecule has 1 unspecified atom stereocenters. The molecular weight excluding hydrogens is 272 g/mol. The van der Waals surface area contributed by atoms with Crippen LogP contribution in [0.25, 0.3) is 10.2 Å². The van der Waals surface area contributed by atoms with Crippen molar-refractivity contribution >= 4 is 33.5 Å². The number of carboxylic acid groups (broad SMARTS) is 2. The predicted molar refractivity (Wildman–Crippen MR) is 67.6 cm³/mol. The zero-order valence-corrected chi connectivity index (χ0v) is 10.3. The van der Waals surface area contributed by atoms with Gasteiger partial charge < -0.3 is 21.1 Å². The molecule has 1 atom stereocenters. The molecule has 0 spiro atoms. The van der Waals surface area contributed by atoms with Gasteiger partial charge in [-0.3, -0.25) is 4.79 Å². The number of hydrogen-bond acceptors (Lipinski definition) is 6. The van der Waals surface area contributed by atoms with Gasteiger partial charge in [0, 0.05) is 0 Å². The molecule has 2 rings (SSSR count). The molecule has 1 aromatic heterocycles. The molecule has 0 aliphatic rings. The maximum absolute atomic E-state index is 10.8. The Morgan fingerprint density at radius 3 is 2.63 bits per heavy atom. The van der Waals surface area contributed by atoms with Gasteiger partial charge in [-0.1, -0.05) is 0 Å². The van der Waals surface area contributed by atoms with Gasteiger partial charge in [0.2, 0.25) is 5.01 Å². The van der Waals surface area contributed by atoms with Gasteiger partial charge in [0.25, 0.3) is 0 Å². The second kappa shape index (κ2) is 4.82. The predicted octanol–water partition coefficient (Wildman–Crippen LogP) is 0.654. The van der Waals surface area contributed by atoms with Gasteiger partial charge in [-0.05, 0) is 24.1 Å². The van der Waals surface area contributed by atoms with Crippen molar-refractivity contribution in [3.63, 3.8) is 0 Å². The normalized spacial score (nSPS) is 12.5. The lowest BCUT2D eigenvalue weighted by atomic mass is 10.1. The van der Waals surface area contributed by atoms with Crippen LogP contribution in [0.1, 0.15) is 15.4 Å². The summed E-state index contributed by atoms with van der Waals surface area (Å²) in [5, 5.41) is 27.2. The molecule has 0 bridgehead atoms. The number of phenols is 1. The highest BCUT2D eigenvalue weighted by atomic mass is 32.1. The Labute approximate surface area is 110 Å². The molecule has 8 heteroatoms. The number of nitrogens with two attached hydrogens (primary N) is 1. The molecule has 0 aliphatic heterocycles. The average Bonchev–Trinajstić information content (AvgIpc) is 2.73. The van der Waals surface area contributed by atoms with Crippen molar-refractivity contribution in [3.8, 4) is 5.75 Å². The number of aliphatic carboxylic acids is 1. The molecule has 0 saturated carbocycles. The van der Waals surface area contributed by atoms with E-state index in [1.165, 1.54) is 6.07 Å². The summed E-state index contributed by atoms with van der Waals surface area (Å²) in [4.78, 5) is 25.3. The van der Waals surface area contributed by atoms with Crippen molar-refractivity contribution in [1.29, 1.82) is 0 Å². The first-order valence-corrected chi connectivity index (χ1v) is 6.04. The zero-order chi connectivity index (χ0) is 14.2. The molecule has 7 nitrogen and oxygen atoms in total. The summed E-state index contributed by atoms with van der Waals surface area (Å²) in [5.41, 5.74) is 6.11. The summed E-state index contributed by atoms with van der Waals surface area (Å²) in [5.74, 6) is -2.51. The Balaban J connectivity index is 2.43. The molecule has 1 heterocycles. The molecule has 0 amide bonds. The molecule has 0 radical (unpaired) electrons. The number of aromatic hydroxyl groups is 1. The molecular formula is C11H10N2O5S. The summed E-state index contributed by atoms with van der Waals surface area (Å²) >= 11 is 0.910. The topological polar surface area (TPSA) is 134 Å². The summed E-state index contributed by atoms with van der Waals surface area (Å²) in [6, 6.07) is 1.85. The van der Waals surface area contributed by atoms with Crippen LogP contribution in [-0.2, 0) is 11.2 Å². The van der Waals surface area contributed by atoms with Crippen molar-refractivity contribution < 1.29 is 24.9 Å². The molecule has 0 fully saturated rings. The van der Waals surface area contributed by atoms with Crippen LogP contribution in [0.5, 0.6) is 5.75 Å². The standard InChI is InChI=1S/C11H10N2O5S/c12-5(10(15)16)1-4-2-6(14)8-7(3-4)19-9(13-8)11(17)18/h2-3,5,14H,1,12H2,(H,15,16)(H,17,18).